The molecule has 44 heavy (non-hydrogen) atoms. The lowest BCUT2D eigenvalue weighted by Crippen LogP contribution is -2.28. The van der Waals surface area contributed by atoms with Crippen LogP contribution in [0.2, 0.25) is 0 Å². The van der Waals surface area contributed by atoms with Crippen LogP contribution < -0.4 is 15.4 Å². The number of anilines is 2. The summed E-state index contributed by atoms with van der Waals surface area (Å²) < 4.78 is 70.6. The zero-order valence-electron chi connectivity index (χ0n) is 23.9. The predicted molar refractivity (Wildman–Crippen MR) is 163 cm³/mol. The molecule has 0 spiro atoms. The number of alkyl halides is 3. The van der Waals surface area contributed by atoms with Gasteiger partial charge in [0.1, 0.15) is 0 Å². The molecular weight excluding hydrogens is 591 g/mol. The second kappa shape index (κ2) is 13.1. The summed E-state index contributed by atoms with van der Waals surface area (Å²) in [6, 6.07) is 19.3. The number of sulfonamides is 1. The van der Waals surface area contributed by atoms with E-state index in [2.05, 4.69) is 32.2 Å². The number of likely N-dealkylation sites (tertiary alicyclic amines) is 1. The van der Waals surface area contributed by atoms with Crippen molar-refractivity contribution in [2.24, 2.45) is 0 Å². The number of carbonyl (C=O) groups excluding carboxylic acids is 1. The molecule has 0 bridgehead atoms. The summed E-state index contributed by atoms with van der Waals surface area (Å²) in [7, 11) is -4.46. The Hall–Kier alpha value is -4.42. The van der Waals surface area contributed by atoms with E-state index >= 15 is 0 Å². The number of amides is 2. The zero-order chi connectivity index (χ0) is 31.3. The molecule has 3 aromatic carbocycles. The highest BCUT2D eigenvalue weighted by atomic mass is 32.2. The Labute approximate surface area is 254 Å². The molecule has 0 saturated carbocycles. The molecule has 12 heteroatoms. The van der Waals surface area contributed by atoms with Crippen molar-refractivity contribution in [3.63, 3.8) is 0 Å². The summed E-state index contributed by atoms with van der Waals surface area (Å²) in [5.74, 6) is 0. The SMILES string of the molecule is CC1CCCN1Cc1cccc(-c2ccc(C(F)(F)F)cc2S(=O)(=O)Nc2ccc(NC(=O)NCc3cccnc3)cc2)c1. The minimum Gasteiger partial charge on any atom is -0.334 e. The summed E-state index contributed by atoms with van der Waals surface area (Å²) in [4.78, 5) is 18.1. The van der Waals surface area contributed by atoms with Crippen LogP contribution in [0.1, 0.15) is 36.5 Å². The van der Waals surface area contributed by atoms with Gasteiger partial charge in [0.2, 0.25) is 0 Å². The minimum atomic E-state index is -4.73. The number of urea groups is 1. The first kappa shape index (κ1) is 31.0. The van der Waals surface area contributed by atoms with Gasteiger partial charge in [-0.25, -0.2) is 13.2 Å². The van der Waals surface area contributed by atoms with Gasteiger partial charge in [-0.2, -0.15) is 13.2 Å². The molecule has 2 amide bonds. The van der Waals surface area contributed by atoms with Crippen molar-refractivity contribution in [3.05, 3.63) is 108 Å². The van der Waals surface area contributed by atoms with Crippen LogP contribution in [0.15, 0.2) is 96.2 Å². The lowest BCUT2D eigenvalue weighted by atomic mass is 10.0. The van der Waals surface area contributed by atoms with Crippen LogP contribution in [0, 0.1) is 0 Å². The van der Waals surface area contributed by atoms with Crippen LogP contribution in [-0.4, -0.2) is 36.9 Å². The number of pyridine rings is 1. The van der Waals surface area contributed by atoms with E-state index < -0.39 is 32.7 Å². The maximum atomic E-state index is 13.7. The Kier molecular flexibility index (Phi) is 9.21. The molecule has 0 aliphatic carbocycles. The van der Waals surface area contributed by atoms with Gasteiger partial charge in [-0.3, -0.25) is 14.6 Å². The molecule has 4 aromatic rings. The number of carbonyl (C=O) groups is 1. The van der Waals surface area contributed by atoms with Crippen LogP contribution in [0.25, 0.3) is 11.1 Å². The van der Waals surface area contributed by atoms with Crippen molar-refractivity contribution in [3.8, 4) is 11.1 Å². The Balaban J connectivity index is 1.35. The Bertz CT molecular complexity index is 1720. The maximum Gasteiger partial charge on any atom is 0.416 e. The summed E-state index contributed by atoms with van der Waals surface area (Å²) in [6.45, 7) is 4.04. The van der Waals surface area contributed by atoms with Crippen LogP contribution in [0.4, 0.5) is 29.3 Å². The molecule has 1 atom stereocenters. The van der Waals surface area contributed by atoms with Gasteiger partial charge in [-0.15, -0.1) is 0 Å². The van der Waals surface area contributed by atoms with E-state index in [1.807, 2.05) is 18.2 Å². The van der Waals surface area contributed by atoms with Crippen molar-refractivity contribution in [2.75, 3.05) is 16.6 Å². The van der Waals surface area contributed by atoms with E-state index in [-0.39, 0.29) is 17.8 Å². The third-order valence-corrected chi connectivity index (χ3v) is 8.90. The summed E-state index contributed by atoms with van der Waals surface area (Å²) in [6.07, 6.45) is 0.721. The molecule has 0 radical (unpaired) electrons. The molecule has 8 nitrogen and oxygen atoms in total. The number of aromatic nitrogens is 1. The topological polar surface area (TPSA) is 103 Å². The van der Waals surface area contributed by atoms with E-state index in [0.29, 0.717) is 29.9 Å². The molecule has 5 rings (SSSR count). The fraction of sp³-hybridized carbons (Fsp3) is 0.250. The summed E-state index contributed by atoms with van der Waals surface area (Å²) in [5, 5.41) is 5.34. The van der Waals surface area contributed by atoms with Gasteiger partial charge < -0.3 is 10.6 Å². The third kappa shape index (κ3) is 7.74. The number of halogens is 3. The maximum absolute atomic E-state index is 13.7. The van der Waals surface area contributed by atoms with Gasteiger partial charge in [0, 0.05) is 48.5 Å². The first-order valence-electron chi connectivity index (χ1n) is 14.1. The first-order valence-corrected chi connectivity index (χ1v) is 15.6. The minimum absolute atomic E-state index is 0.117. The average molecular weight is 624 g/mol. The van der Waals surface area contributed by atoms with Crippen molar-refractivity contribution in [2.45, 2.75) is 50.0 Å². The molecule has 230 valence electrons. The predicted octanol–water partition coefficient (Wildman–Crippen LogP) is 6.87. The van der Waals surface area contributed by atoms with E-state index in [4.69, 9.17) is 0 Å². The normalized spacial score (nSPS) is 15.6. The van der Waals surface area contributed by atoms with Gasteiger partial charge in [0.05, 0.1) is 10.5 Å². The van der Waals surface area contributed by atoms with Gasteiger partial charge in [-0.05, 0) is 91.5 Å². The van der Waals surface area contributed by atoms with E-state index in [9.17, 15) is 26.4 Å². The highest BCUT2D eigenvalue weighted by Gasteiger charge is 2.33. The molecular formula is C32H32F3N5O3S. The number of rotatable bonds is 9. The smallest absolute Gasteiger partial charge is 0.334 e. The molecule has 1 aliphatic rings. The van der Waals surface area contributed by atoms with Crippen molar-refractivity contribution >= 4 is 27.4 Å². The van der Waals surface area contributed by atoms with Crippen LogP contribution in [0.3, 0.4) is 0 Å². The van der Waals surface area contributed by atoms with Crippen LogP contribution in [0.5, 0.6) is 0 Å². The van der Waals surface area contributed by atoms with Crippen molar-refractivity contribution in [1.29, 1.82) is 0 Å². The molecule has 2 heterocycles. The summed E-state index contributed by atoms with van der Waals surface area (Å²) >= 11 is 0. The lowest BCUT2D eigenvalue weighted by molar-refractivity contribution is -0.137. The van der Waals surface area contributed by atoms with E-state index in [1.165, 1.54) is 30.3 Å². The van der Waals surface area contributed by atoms with Crippen LogP contribution >= 0.6 is 0 Å². The number of hydrogen-bond donors (Lipinski definition) is 3. The van der Waals surface area contributed by atoms with Gasteiger partial charge in [0.15, 0.2) is 0 Å². The monoisotopic (exact) mass is 623 g/mol. The standard InChI is InChI=1S/C32H32F3N5O3S/c1-22-5-4-16-40(22)21-23-6-2-8-25(17-23)29-14-9-26(32(33,34)35)18-30(29)44(42,43)39-28-12-10-27(11-13-28)38-31(41)37-20-24-7-3-15-36-19-24/h2-3,6-15,17-19,22,39H,4-5,16,20-21H2,1H3,(H2,37,38,41). The van der Waals surface area contributed by atoms with Gasteiger partial charge >= 0.3 is 12.2 Å². The average Bonchev–Trinajstić information content (AvgIpc) is 3.40. The first-order chi connectivity index (χ1) is 21.0. The number of nitrogens with one attached hydrogen (secondary N) is 3. The molecule has 1 fully saturated rings. The second-order valence-corrected chi connectivity index (χ2v) is 12.4. The lowest BCUT2D eigenvalue weighted by Gasteiger charge is -2.21. The quantitative estimate of drug-likeness (QED) is 0.189. The van der Waals surface area contributed by atoms with E-state index in [1.54, 1.807) is 30.6 Å². The molecule has 1 aliphatic heterocycles. The third-order valence-electron chi connectivity index (χ3n) is 7.48. The van der Waals surface area contributed by atoms with Crippen molar-refractivity contribution in [1.82, 2.24) is 15.2 Å². The Morgan fingerprint density at radius 2 is 1.73 bits per heavy atom. The zero-order valence-corrected chi connectivity index (χ0v) is 24.8. The highest BCUT2D eigenvalue weighted by molar-refractivity contribution is 7.92. The highest BCUT2D eigenvalue weighted by Crippen LogP contribution is 2.36. The van der Waals surface area contributed by atoms with Gasteiger partial charge in [-0.1, -0.05) is 30.3 Å². The van der Waals surface area contributed by atoms with Gasteiger partial charge in [0.25, 0.3) is 10.0 Å². The molecule has 1 unspecified atom stereocenters. The Morgan fingerprint density at radius 1 is 0.977 bits per heavy atom. The fourth-order valence-electron chi connectivity index (χ4n) is 5.15. The number of benzene rings is 3. The number of hydrogen-bond acceptors (Lipinski definition) is 5. The van der Waals surface area contributed by atoms with Crippen molar-refractivity contribution < 1.29 is 26.4 Å². The molecule has 1 saturated heterocycles. The summed E-state index contributed by atoms with van der Waals surface area (Å²) in [5.41, 5.74) is 1.85. The fourth-order valence-corrected chi connectivity index (χ4v) is 6.46. The molecule has 1 aromatic heterocycles. The number of nitrogens with zero attached hydrogens (tertiary/aromatic N) is 2. The Morgan fingerprint density at radius 3 is 2.41 bits per heavy atom. The molecule has 3 N–H and O–H groups in total. The largest absolute Gasteiger partial charge is 0.416 e. The second-order valence-electron chi connectivity index (χ2n) is 10.7. The van der Waals surface area contributed by atoms with E-state index in [0.717, 1.165) is 36.6 Å². The van der Waals surface area contributed by atoms with Crippen LogP contribution in [-0.2, 0) is 29.3 Å².